The maximum Gasteiger partial charge on any atom is 0.309 e. The molecule has 1 aliphatic heterocycles. The number of ether oxygens (including phenoxy) is 1. The van der Waals surface area contributed by atoms with E-state index in [-0.39, 0.29) is 11.8 Å². The number of anilines is 1. The van der Waals surface area contributed by atoms with Gasteiger partial charge in [-0.25, -0.2) is 0 Å². The normalized spacial score (nSPS) is 14.4. The Balaban J connectivity index is 1.42. The van der Waals surface area contributed by atoms with Gasteiger partial charge < -0.3 is 15.0 Å². The van der Waals surface area contributed by atoms with Gasteiger partial charge in [0.05, 0.1) is 16.4 Å². The van der Waals surface area contributed by atoms with E-state index in [1.54, 1.807) is 22.4 Å². The molecule has 0 bridgehead atoms. The van der Waals surface area contributed by atoms with E-state index >= 15 is 0 Å². The van der Waals surface area contributed by atoms with Crippen molar-refractivity contribution in [1.29, 1.82) is 5.26 Å². The van der Waals surface area contributed by atoms with Gasteiger partial charge in [0.2, 0.25) is 0 Å². The molecule has 1 fully saturated rings. The molecule has 2 aromatic rings. The van der Waals surface area contributed by atoms with E-state index in [0.717, 1.165) is 0 Å². The molecule has 0 atom stereocenters. The summed E-state index contributed by atoms with van der Waals surface area (Å²) >= 11 is 2.64. The summed E-state index contributed by atoms with van der Waals surface area (Å²) in [6, 6.07) is 7.21. The van der Waals surface area contributed by atoms with Crippen LogP contribution in [-0.2, 0) is 14.3 Å². The lowest BCUT2D eigenvalue weighted by Gasteiger charge is -2.30. The molecular formula is C18H17N3O4S2. The number of nitriles is 1. The van der Waals surface area contributed by atoms with E-state index in [9.17, 15) is 14.4 Å². The van der Waals surface area contributed by atoms with Gasteiger partial charge in [-0.15, -0.1) is 22.7 Å². The minimum Gasteiger partial charge on any atom is -0.455 e. The van der Waals surface area contributed by atoms with Crippen molar-refractivity contribution in [2.45, 2.75) is 12.8 Å². The molecule has 0 aromatic carbocycles. The lowest BCUT2D eigenvalue weighted by molar-refractivity contribution is -0.152. The lowest BCUT2D eigenvalue weighted by Crippen LogP contribution is -2.40. The topological polar surface area (TPSA) is 99.5 Å². The van der Waals surface area contributed by atoms with Gasteiger partial charge in [-0.3, -0.25) is 14.4 Å². The first-order chi connectivity index (χ1) is 13.1. The highest BCUT2D eigenvalue weighted by Crippen LogP contribution is 2.23. The largest absolute Gasteiger partial charge is 0.455 e. The van der Waals surface area contributed by atoms with Crippen molar-refractivity contribution in [2.24, 2.45) is 5.92 Å². The van der Waals surface area contributed by atoms with Gasteiger partial charge in [0, 0.05) is 13.1 Å². The van der Waals surface area contributed by atoms with Crippen LogP contribution in [0.2, 0.25) is 0 Å². The highest BCUT2D eigenvalue weighted by atomic mass is 32.1. The van der Waals surface area contributed by atoms with Crippen molar-refractivity contribution in [2.75, 3.05) is 25.0 Å². The van der Waals surface area contributed by atoms with Crippen molar-refractivity contribution in [3.8, 4) is 6.07 Å². The second kappa shape index (κ2) is 8.79. The monoisotopic (exact) mass is 403 g/mol. The molecule has 1 saturated heterocycles. The van der Waals surface area contributed by atoms with Crippen LogP contribution in [0.3, 0.4) is 0 Å². The summed E-state index contributed by atoms with van der Waals surface area (Å²) < 4.78 is 5.10. The fourth-order valence-corrected chi connectivity index (χ4v) is 4.23. The molecule has 7 nitrogen and oxygen atoms in total. The number of carbonyl (C=O) groups excluding carboxylic acids is 3. The van der Waals surface area contributed by atoms with Gasteiger partial charge in [0.15, 0.2) is 6.61 Å². The molecule has 0 saturated carbocycles. The molecule has 1 aliphatic rings. The van der Waals surface area contributed by atoms with Crippen LogP contribution in [0.5, 0.6) is 0 Å². The average molecular weight is 403 g/mol. The first-order valence-corrected chi connectivity index (χ1v) is 10.1. The zero-order valence-electron chi connectivity index (χ0n) is 14.3. The van der Waals surface area contributed by atoms with E-state index in [1.165, 1.54) is 22.7 Å². The number of nitrogens with one attached hydrogen (secondary N) is 1. The van der Waals surface area contributed by atoms with E-state index < -0.39 is 18.5 Å². The van der Waals surface area contributed by atoms with Gasteiger partial charge in [0.1, 0.15) is 11.1 Å². The van der Waals surface area contributed by atoms with Crippen molar-refractivity contribution in [3.05, 3.63) is 39.4 Å². The Morgan fingerprint density at radius 1 is 1.22 bits per heavy atom. The van der Waals surface area contributed by atoms with E-state index in [0.29, 0.717) is 41.4 Å². The summed E-state index contributed by atoms with van der Waals surface area (Å²) in [6.45, 7) is 0.586. The van der Waals surface area contributed by atoms with Crippen molar-refractivity contribution >= 4 is 45.5 Å². The van der Waals surface area contributed by atoms with Crippen LogP contribution < -0.4 is 5.32 Å². The molecule has 2 aromatic heterocycles. The molecule has 0 unspecified atom stereocenters. The second-order valence-electron chi connectivity index (χ2n) is 5.97. The van der Waals surface area contributed by atoms with Crippen molar-refractivity contribution in [1.82, 2.24) is 4.90 Å². The van der Waals surface area contributed by atoms with E-state index in [2.05, 4.69) is 5.32 Å². The van der Waals surface area contributed by atoms with Gasteiger partial charge in [-0.1, -0.05) is 6.07 Å². The number of piperidine rings is 1. The molecule has 3 heterocycles. The van der Waals surface area contributed by atoms with Gasteiger partial charge >= 0.3 is 5.97 Å². The maximum atomic E-state index is 12.3. The Bertz CT molecular complexity index is 862. The van der Waals surface area contributed by atoms with E-state index in [4.69, 9.17) is 10.00 Å². The third kappa shape index (κ3) is 4.72. The summed E-state index contributed by atoms with van der Waals surface area (Å²) in [7, 11) is 0. The number of hydrogen-bond donors (Lipinski definition) is 1. The molecule has 0 spiro atoms. The highest BCUT2D eigenvalue weighted by molar-refractivity contribution is 7.14. The fourth-order valence-electron chi connectivity index (χ4n) is 2.79. The number of esters is 1. The zero-order chi connectivity index (χ0) is 19.2. The van der Waals surface area contributed by atoms with Crippen LogP contribution in [-0.4, -0.2) is 42.4 Å². The predicted molar refractivity (Wildman–Crippen MR) is 102 cm³/mol. The second-order valence-corrected chi connectivity index (χ2v) is 7.84. The van der Waals surface area contributed by atoms with Gasteiger partial charge in [-0.05, 0) is 35.7 Å². The SMILES string of the molecule is N#Cc1ccsc1NC(=O)COC(=O)C1CCN(C(=O)c2cccs2)CC1. The Labute approximate surface area is 164 Å². The smallest absolute Gasteiger partial charge is 0.309 e. The first-order valence-electron chi connectivity index (χ1n) is 8.35. The van der Waals surface area contributed by atoms with Crippen LogP contribution in [0.25, 0.3) is 0 Å². The molecule has 0 aliphatic carbocycles. The highest BCUT2D eigenvalue weighted by Gasteiger charge is 2.29. The first kappa shape index (κ1) is 19.1. The van der Waals surface area contributed by atoms with Crippen molar-refractivity contribution < 1.29 is 19.1 Å². The van der Waals surface area contributed by atoms with Crippen LogP contribution >= 0.6 is 22.7 Å². The molecule has 2 amide bonds. The van der Waals surface area contributed by atoms with Gasteiger partial charge in [0.25, 0.3) is 11.8 Å². The predicted octanol–water partition coefficient (Wildman–Crippen LogP) is 2.72. The Morgan fingerprint density at radius 3 is 2.67 bits per heavy atom. The van der Waals surface area contributed by atoms with Crippen LogP contribution in [0, 0.1) is 17.2 Å². The molecule has 0 radical (unpaired) electrons. The quantitative estimate of drug-likeness (QED) is 0.774. The number of thiophene rings is 2. The number of carbonyl (C=O) groups is 3. The molecule has 3 rings (SSSR count). The number of hydrogen-bond acceptors (Lipinski definition) is 7. The van der Waals surface area contributed by atoms with Crippen molar-refractivity contribution in [3.63, 3.8) is 0 Å². The zero-order valence-corrected chi connectivity index (χ0v) is 16.0. The third-order valence-corrected chi connectivity index (χ3v) is 5.92. The van der Waals surface area contributed by atoms with Gasteiger partial charge in [-0.2, -0.15) is 5.26 Å². The van der Waals surface area contributed by atoms with E-state index in [1.807, 2.05) is 17.5 Å². The molecular weight excluding hydrogens is 386 g/mol. The third-order valence-electron chi connectivity index (χ3n) is 4.23. The summed E-state index contributed by atoms with van der Waals surface area (Å²) in [5.74, 6) is -1.24. The molecule has 27 heavy (non-hydrogen) atoms. The number of nitrogens with zero attached hydrogens (tertiary/aromatic N) is 2. The number of amides is 2. The lowest BCUT2D eigenvalue weighted by atomic mass is 9.97. The minimum absolute atomic E-state index is 0.0135. The molecule has 140 valence electrons. The fraction of sp³-hybridized carbons (Fsp3) is 0.333. The standard InChI is InChI=1S/C18H17N3O4S2/c19-10-13-5-9-27-16(13)20-15(22)11-25-18(24)12-3-6-21(7-4-12)17(23)14-2-1-8-26-14/h1-2,5,8-9,12H,3-4,6-7,11H2,(H,20,22). The minimum atomic E-state index is -0.479. The summed E-state index contributed by atoms with van der Waals surface area (Å²) in [6.07, 6.45) is 1.03. The van der Waals surface area contributed by atoms with Crippen LogP contribution in [0.15, 0.2) is 29.0 Å². The molecule has 9 heteroatoms. The summed E-state index contributed by atoms with van der Waals surface area (Å²) in [5.41, 5.74) is 0.377. The maximum absolute atomic E-state index is 12.3. The molecule has 1 N–H and O–H groups in total. The Hall–Kier alpha value is -2.70. The summed E-state index contributed by atoms with van der Waals surface area (Å²) in [4.78, 5) is 38.8. The number of likely N-dealkylation sites (tertiary alicyclic amines) is 1. The average Bonchev–Trinajstić information content (AvgIpc) is 3.37. The van der Waals surface area contributed by atoms with Crippen LogP contribution in [0.4, 0.5) is 5.00 Å². The number of rotatable bonds is 5. The summed E-state index contributed by atoms with van der Waals surface area (Å²) in [5, 5.41) is 15.5. The van der Waals surface area contributed by atoms with Crippen LogP contribution in [0.1, 0.15) is 28.1 Å². The Kier molecular flexibility index (Phi) is 6.21. The Morgan fingerprint density at radius 2 is 2.00 bits per heavy atom.